The van der Waals surface area contributed by atoms with Crippen molar-refractivity contribution in [1.82, 2.24) is 0 Å². The van der Waals surface area contributed by atoms with Gasteiger partial charge in [0.2, 0.25) is 0 Å². The van der Waals surface area contributed by atoms with E-state index in [-0.39, 0.29) is 0 Å². The van der Waals surface area contributed by atoms with Gasteiger partial charge >= 0.3 is 0 Å². The van der Waals surface area contributed by atoms with Crippen LogP contribution in [0.3, 0.4) is 0 Å². The van der Waals surface area contributed by atoms with Gasteiger partial charge in [-0.3, -0.25) is 5.73 Å². The van der Waals surface area contributed by atoms with E-state index in [0.29, 0.717) is 13.0 Å². The Labute approximate surface area is 54.2 Å². The molecule has 0 spiro atoms. The molecule has 0 aromatic rings. The summed E-state index contributed by atoms with van der Waals surface area (Å²) in [7, 11) is 0. The van der Waals surface area contributed by atoms with Gasteiger partial charge in [0.25, 0.3) is 5.98 Å². The van der Waals surface area contributed by atoms with Crippen LogP contribution in [-0.2, 0) is 4.74 Å². The van der Waals surface area contributed by atoms with Crippen molar-refractivity contribution in [2.24, 2.45) is 5.73 Å². The number of alkyl halides is 1. The van der Waals surface area contributed by atoms with E-state index >= 15 is 0 Å². The Hall–Kier alpha value is -0.150. The molecule has 3 heteroatoms. The van der Waals surface area contributed by atoms with E-state index in [2.05, 4.69) is 0 Å². The van der Waals surface area contributed by atoms with Crippen LogP contribution in [0.4, 0.5) is 4.39 Å². The summed E-state index contributed by atoms with van der Waals surface area (Å²) in [6.45, 7) is 0.465. The monoisotopic (exact) mass is 133 g/mol. The Morgan fingerprint density at radius 2 is 2.11 bits per heavy atom. The number of rotatable bonds is 0. The number of halogens is 1. The van der Waals surface area contributed by atoms with E-state index < -0.39 is 5.98 Å². The van der Waals surface area contributed by atoms with Crippen molar-refractivity contribution >= 4 is 0 Å². The Balaban J connectivity index is 2.36. The molecule has 0 aromatic carbocycles. The molecular weight excluding hydrogens is 121 g/mol. The highest BCUT2D eigenvalue weighted by Gasteiger charge is 2.25. The highest BCUT2D eigenvalue weighted by Crippen LogP contribution is 2.19. The summed E-state index contributed by atoms with van der Waals surface area (Å²) in [5, 5.41) is 0. The molecule has 2 N–H and O–H groups in total. The summed E-state index contributed by atoms with van der Waals surface area (Å²) in [6, 6.07) is 0. The Morgan fingerprint density at radius 3 is 2.89 bits per heavy atom. The first kappa shape index (κ1) is 6.96. The Kier molecular flexibility index (Phi) is 2.03. The third-order valence-electron chi connectivity index (χ3n) is 1.50. The van der Waals surface area contributed by atoms with E-state index in [1.54, 1.807) is 0 Å². The predicted octanol–water partition coefficient (Wildman–Crippen LogP) is 1.16. The van der Waals surface area contributed by atoms with Crippen molar-refractivity contribution in [3.63, 3.8) is 0 Å². The molecular formula is C6H12FNO. The summed E-state index contributed by atoms with van der Waals surface area (Å²) in [6.07, 6.45) is 3.14. The van der Waals surface area contributed by atoms with Crippen LogP contribution in [0.25, 0.3) is 0 Å². The van der Waals surface area contributed by atoms with E-state index in [9.17, 15) is 4.39 Å². The van der Waals surface area contributed by atoms with Crippen LogP contribution in [0.1, 0.15) is 25.7 Å². The molecule has 1 saturated heterocycles. The Bertz CT molecular complexity index is 85.1. The van der Waals surface area contributed by atoms with Gasteiger partial charge in [-0.05, 0) is 12.8 Å². The molecule has 0 bridgehead atoms. The maximum absolute atomic E-state index is 12.7. The maximum atomic E-state index is 12.7. The summed E-state index contributed by atoms with van der Waals surface area (Å²) in [5.41, 5.74) is 5.09. The molecule has 0 amide bonds. The summed E-state index contributed by atoms with van der Waals surface area (Å²) in [5.74, 6) is -1.84. The molecule has 54 valence electrons. The molecule has 0 aliphatic carbocycles. The van der Waals surface area contributed by atoms with E-state index in [1.807, 2.05) is 0 Å². The van der Waals surface area contributed by atoms with Gasteiger partial charge in [0.05, 0.1) is 6.61 Å². The first-order valence-electron chi connectivity index (χ1n) is 3.32. The second-order valence-corrected chi connectivity index (χ2v) is 2.45. The molecule has 0 saturated carbocycles. The van der Waals surface area contributed by atoms with Crippen LogP contribution in [0.5, 0.6) is 0 Å². The lowest BCUT2D eigenvalue weighted by atomic mass is 10.2. The van der Waals surface area contributed by atoms with Gasteiger partial charge in [-0.1, -0.05) is 6.42 Å². The van der Waals surface area contributed by atoms with Gasteiger partial charge in [0, 0.05) is 6.42 Å². The molecule has 0 radical (unpaired) electrons. The maximum Gasteiger partial charge on any atom is 0.263 e. The van der Waals surface area contributed by atoms with Gasteiger partial charge in [0.1, 0.15) is 0 Å². The lowest BCUT2D eigenvalue weighted by molar-refractivity contribution is -0.138. The normalized spacial score (nSPS) is 38.0. The largest absolute Gasteiger partial charge is 0.334 e. The molecule has 1 aliphatic rings. The molecule has 0 aromatic heterocycles. The van der Waals surface area contributed by atoms with E-state index in [1.165, 1.54) is 0 Å². The molecule has 1 rings (SSSR count). The van der Waals surface area contributed by atoms with Crippen LogP contribution in [0.2, 0.25) is 0 Å². The quantitative estimate of drug-likeness (QED) is 0.503. The van der Waals surface area contributed by atoms with Gasteiger partial charge in [-0.25, -0.2) is 0 Å². The smallest absolute Gasteiger partial charge is 0.263 e. The van der Waals surface area contributed by atoms with Crippen molar-refractivity contribution in [1.29, 1.82) is 0 Å². The van der Waals surface area contributed by atoms with Gasteiger partial charge in [0.15, 0.2) is 0 Å². The van der Waals surface area contributed by atoms with E-state index in [4.69, 9.17) is 10.5 Å². The van der Waals surface area contributed by atoms with E-state index in [0.717, 1.165) is 19.3 Å². The zero-order valence-corrected chi connectivity index (χ0v) is 5.40. The molecule has 1 heterocycles. The zero-order valence-electron chi connectivity index (χ0n) is 5.40. The average molecular weight is 133 g/mol. The fraction of sp³-hybridized carbons (Fsp3) is 1.00. The minimum Gasteiger partial charge on any atom is -0.334 e. The van der Waals surface area contributed by atoms with Crippen LogP contribution in [0.15, 0.2) is 0 Å². The minimum absolute atomic E-state index is 0.340. The summed E-state index contributed by atoms with van der Waals surface area (Å²) < 4.78 is 17.4. The topological polar surface area (TPSA) is 35.2 Å². The molecule has 1 atom stereocenters. The number of nitrogens with two attached hydrogens (primary N) is 1. The minimum atomic E-state index is -1.84. The first-order valence-corrected chi connectivity index (χ1v) is 3.32. The first-order chi connectivity index (χ1) is 4.21. The summed E-state index contributed by atoms with van der Waals surface area (Å²) >= 11 is 0. The Morgan fingerprint density at radius 1 is 1.33 bits per heavy atom. The number of hydrogen-bond acceptors (Lipinski definition) is 2. The summed E-state index contributed by atoms with van der Waals surface area (Å²) in [4.78, 5) is 0. The van der Waals surface area contributed by atoms with Crippen LogP contribution >= 0.6 is 0 Å². The third-order valence-corrected chi connectivity index (χ3v) is 1.50. The van der Waals surface area contributed by atoms with Crippen LogP contribution in [-0.4, -0.2) is 12.6 Å². The SMILES string of the molecule is NC1(F)CCCCCO1. The second-order valence-electron chi connectivity index (χ2n) is 2.45. The molecule has 2 nitrogen and oxygen atoms in total. The standard InChI is InChI=1S/C6H12FNO/c7-6(8)4-2-1-3-5-9-6/h1-5,8H2. The second kappa shape index (κ2) is 2.62. The molecule has 1 aliphatic heterocycles. The van der Waals surface area contributed by atoms with Crippen LogP contribution in [0, 0.1) is 0 Å². The fourth-order valence-electron chi connectivity index (χ4n) is 0.959. The van der Waals surface area contributed by atoms with Crippen molar-refractivity contribution in [3.05, 3.63) is 0 Å². The molecule has 1 unspecified atom stereocenters. The lowest BCUT2D eigenvalue weighted by Crippen LogP contribution is -2.36. The number of hydrogen-bond donors (Lipinski definition) is 1. The molecule has 1 fully saturated rings. The third kappa shape index (κ3) is 2.28. The van der Waals surface area contributed by atoms with Crippen molar-refractivity contribution in [3.8, 4) is 0 Å². The van der Waals surface area contributed by atoms with Gasteiger partial charge < -0.3 is 4.74 Å². The average Bonchev–Trinajstić information content (AvgIpc) is 1.92. The van der Waals surface area contributed by atoms with Crippen molar-refractivity contribution < 1.29 is 9.13 Å². The predicted molar refractivity (Wildman–Crippen MR) is 32.4 cm³/mol. The van der Waals surface area contributed by atoms with Gasteiger partial charge in [-0.2, -0.15) is 4.39 Å². The van der Waals surface area contributed by atoms with Crippen molar-refractivity contribution in [2.45, 2.75) is 31.7 Å². The van der Waals surface area contributed by atoms with Crippen LogP contribution < -0.4 is 5.73 Å². The molecule has 9 heavy (non-hydrogen) atoms. The highest BCUT2D eigenvalue weighted by molar-refractivity contribution is 4.62. The lowest BCUT2D eigenvalue weighted by Gasteiger charge is -2.16. The zero-order chi connectivity index (χ0) is 6.74. The fourth-order valence-corrected chi connectivity index (χ4v) is 0.959. The van der Waals surface area contributed by atoms with Crippen molar-refractivity contribution in [2.75, 3.05) is 6.61 Å². The van der Waals surface area contributed by atoms with Gasteiger partial charge in [-0.15, -0.1) is 0 Å². The highest BCUT2D eigenvalue weighted by atomic mass is 19.2. The number of ether oxygens (including phenoxy) is 1.